The Morgan fingerprint density at radius 2 is 2.22 bits per heavy atom. The first-order valence-electron chi connectivity index (χ1n) is 5.80. The molecule has 1 aromatic carbocycles. The molecular weight excluding hydrogens is 248 g/mol. The second kappa shape index (κ2) is 6.66. The minimum absolute atomic E-state index is 0.0139. The molecule has 1 rings (SSSR count). The minimum Gasteiger partial charge on any atom is -0.398 e. The summed E-state index contributed by atoms with van der Waals surface area (Å²) >= 11 is 1.53. The monoisotopic (exact) mass is 268 g/mol. The first-order valence-corrected chi connectivity index (χ1v) is 7.09. The lowest BCUT2D eigenvalue weighted by Crippen LogP contribution is -2.41. The molecule has 5 heteroatoms. The Morgan fingerprint density at radius 1 is 1.56 bits per heavy atom. The van der Waals surface area contributed by atoms with E-state index in [4.69, 9.17) is 5.73 Å². The Labute approximate surface area is 112 Å². The van der Waals surface area contributed by atoms with Crippen molar-refractivity contribution >= 4 is 23.4 Å². The van der Waals surface area contributed by atoms with Gasteiger partial charge >= 0.3 is 0 Å². The number of aliphatic hydroxyl groups excluding tert-OH is 1. The number of nitrogens with two attached hydrogens (primary N) is 1. The number of carbonyl (C=O) groups is 1. The standard InChI is InChI=1S/C13H20N2O2S/c1-8-5-4-6-10(12(8)14)13(17)15-9(2)11(7-16)18-3/h4-6,9,11,16H,7,14H2,1-3H3,(H,15,17). The van der Waals surface area contributed by atoms with Crippen LogP contribution in [0, 0.1) is 6.92 Å². The highest BCUT2D eigenvalue weighted by atomic mass is 32.2. The maximum absolute atomic E-state index is 12.1. The van der Waals surface area contributed by atoms with E-state index in [0.29, 0.717) is 11.3 Å². The van der Waals surface area contributed by atoms with Crippen molar-refractivity contribution in [2.45, 2.75) is 25.1 Å². The first-order chi connectivity index (χ1) is 8.51. The van der Waals surface area contributed by atoms with Gasteiger partial charge in [0.1, 0.15) is 0 Å². The van der Waals surface area contributed by atoms with E-state index in [9.17, 15) is 9.90 Å². The van der Waals surface area contributed by atoms with Crippen molar-refractivity contribution in [2.24, 2.45) is 0 Å². The van der Waals surface area contributed by atoms with E-state index < -0.39 is 0 Å². The van der Waals surface area contributed by atoms with Crippen molar-refractivity contribution in [1.82, 2.24) is 5.32 Å². The van der Waals surface area contributed by atoms with Crippen LogP contribution < -0.4 is 11.1 Å². The summed E-state index contributed by atoms with van der Waals surface area (Å²) < 4.78 is 0. The SMILES string of the molecule is CSC(CO)C(C)NC(=O)c1cccc(C)c1N. The number of aryl methyl sites for hydroxylation is 1. The van der Waals surface area contributed by atoms with Crippen molar-refractivity contribution in [3.05, 3.63) is 29.3 Å². The number of rotatable bonds is 5. The summed E-state index contributed by atoms with van der Waals surface area (Å²) in [6, 6.07) is 5.27. The molecule has 4 N–H and O–H groups in total. The average Bonchev–Trinajstić information content (AvgIpc) is 2.34. The van der Waals surface area contributed by atoms with Gasteiger partial charge < -0.3 is 16.2 Å². The van der Waals surface area contributed by atoms with Crippen LogP contribution in [0.25, 0.3) is 0 Å². The zero-order valence-corrected chi connectivity index (χ0v) is 11.8. The highest BCUT2D eigenvalue weighted by Gasteiger charge is 2.19. The van der Waals surface area contributed by atoms with Crippen molar-refractivity contribution in [1.29, 1.82) is 0 Å². The molecule has 0 aliphatic heterocycles. The van der Waals surface area contributed by atoms with Crippen molar-refractivity contribution in [3.63, 3.8) is 0 Å². The number of nitrogen functional groups attached to an aromatic ring is 1. The Kier molecular flexibility index (Phi) is 5.50. The maximum atomic E-state index is 12.1. The van der Waals surface area contributed by atoms with Gasteiger partial charge in [0.05, 0.1) is 12.2 Å². The number of carbonyl (C=O) groups excluding carboxylic acids is 1. The third-order valence-electron chi connectivity index (χ3n) is 2.97. The van der Waals surface area contributed by atoms with Crippen LogP contribution >= 0.6 is 11.8 Å². The lowest BCUT2D eigenvalue weighted by Gasteiger charge is -2.21. The number of nitrogens with one attached hydrogen (secondary N) is 1. The molecule has 0 aliphatic rings. The molecule has 0 heterocycles. The van der Waals surface area contributed by atoms with Crippen LogP contribution in [0.2, 0.25) is 0 Å². The number of thioether (sulfide) groups is 1. The molecule has 100 valence electrons. The number of hydrogen-bond acceptors (Lipinski definition) is 4. The van der Waals surface area contributed by atoms with E-state index in [-0.39, 0.29) is 23.8 Å². The van der Waals surface area contributed by atoms with Crippen molar-refractivity contribution in [3.8, 4) is 0 Å². The molecule has 2 atom stereocenters. The molecule has 0 aliphatic carbocycles. The third kappa shape index (κ3) is 3.40. The van der Waals surface area contributed by atoms with E-state index in [1.54, 1.807) is 6.07 Å². The molecule has 0 bridgehead atoms. The lowest BCUT2D eigenvalue weighted by molar-refractivity contribution is 0.0937. The summed E-state index contributed by atoms with van der Waals surface area (Å²) in [5.74, 6) is -0.198. The largest absolute Gasteiger partial charge is 0.398 e. The number of amides is 1. The van der Waals surface area contributed by atoms with Crippen LogP contribution in [-0.4, -0.2) is 35.2 Å². The van der Waals surface area contributed by atoms with E-state index in [1.165, 1.54) is 11.8 Å². The number of aliphatic hydroxyl groups is 1. The van der Waals surface area contributed by atoms with Crippen LogP contribution in [0.3, 0.4) is 0 Å². The molecule has 4 nitrogen and oxygen atoms in total. The van der Waals surface area contributed by atoms with Gasteiger partial charge in [-0.05, 0) is 31.7 Å². The number of anilines is 1. The maximum Gasteiger partial charge on any atom is 0.253 e. The smallest absolute Gasteiger partial charge is 0.253 e. The Morgan fingerprint density at radius 3 is 2.78 bits per heavy atom. The lowest BCUT2D eigenvalue weighted by atomic mass is 10.1. The van der Waals surface area contributed by atoms with Gasteiger partial charge in [-0.1, -0.05) is 12.1 Å². The summed E-state index contributed by atoms with van der Waals surface area (Å²) in [4.78, 5) is 12.1. The fourth-order valence-corrected chi connectivity index (χ4v) is 2.32. The molecule has 18 heavy (non-hydrogen) atoms. The van der Waals surface area contributed by atoms with Crippen molar-refractivity contribution < 1.29 is 9.90 Å². The summed E-state index contributed by atoms with van der Waals surface area (Å²) in [6.45, 7) is 3.78. The molecule has 0 aromatic heterocycles. The minimum atomic E-state index is -0.198. The summed E-state index contributed by atoms with van der Waals surface area (Å²) in [7, 11) is 0. The normalized spacial score (nSPS) is 14.0. The average molecular weight is 268 g/mol. The van der Waals surface area contributed by atoms with Crippen LogP contribution in [-0.2, 0) is 0 Å². The molecule has 0 saturated carbocycles. The first kappa shape index (κ1) is 14.9. The quantitative estimate of drug-likeness (QED) is 0.706. The van der Waals surface area contributed by atoms with Gasteiger partial charge in [-0.3, -0.25) is 4.79 Å². The van der Waals surface area contributed by atoms with Gasteiger partial charge in [0, 0.05) is 17.0 Å². The molecular formula is C13H20N2O2S. The second-order valence-electron chi connectivity index (χ2n) is 4.26. The summed E-state index contributed by atoms with van der Waals surface area (Å²) in [6.07, 6.45) is 1.91. The molecule has 0 saturated heterocycles. The highest BCUT2D eigenvalue weighted by molar-refractivity contribution is 7.99. The van der Waals surface area contributed by atoms with Gasteiger partial charge in [0.25, 0.3) is 5.91 Å². The molecule has 1 amide bonds. The molecule has 2 unspecified atom stereocenters. The van der Waals surface area contributed by atoms with Crippen molar-refractivity contribution in [2.75, 3.05) is 18.6 Å². The zero-order chi connectivity index (χ0) is 13.7. The molecule has 0 spiro atoms. The third-order valence-corrected chi connectivity index (χ3v) is 4.13. The number of hydrogen-bond donors (Lipinski definition) is 3. The Hall–Kier alpha value is -1.20. The highest BCUT2D eigenvalue weighted by Crippen LogP contribution is 2.17. The van der Waals surface area contributed by atoms with Crippen LogP contribution in [0.15, 0.2) is 18.2 Å². The van der Waals surface area contributed by atoms with E-state index in [0.717, 1.165) is 5.56 Å². The topological polar surface area (TPSA) is 75.3 Å². The fraction of sp³-hybridized carbons (Fsp3) is 0.462. The Balaban J connectivity index is 2.79. The van der Waals surface area contributed by atoms with Crippen LogP contribution in [0.4, 0.5) is 5.69 Å². The van der Waals surface area contributed by atoms with E-state index >= 15 is 0 Å². The number of para-hydroxylation sites is 1. The summed E-state index contributed by atoms with van der Waals surface area (Å²) in [5, 5.41) is 12.0. The van der Waals surface area contributed by atoms with Gasteiger partial charge in [0.2, 0.25) is 0 Å². The van der Waals surface area contributed by atoms with Crippen LogP contribution in [0.5, 0.6) is 0 Å². The molecule has 0 radical (unpaired) electrons. The Bertz CT molecular complexity index is 419. The van der Waals surface area contributed by atoms with Gasteiger partial charge in [-0.25, -0.2) is 0 Å². The van der Waals surface area contributed by atoms with Crippen LogP contribution in [0.1, 0.15) is 22.8 Å². The predicted octanol–water partition coefficient (Wildman–Crippen LogP) is 1.42. The van der Waals surface area contributed by atoms with Gasteiger partial charge in [0.15, 0.2) is 0 Å². The van der Waals surface area contributed by atoms with Gasteiger partial charge in [-0.2, -0.15) is 11.8 Å². The van der Waals surface area contributed by atoms with Gasteiger partial charge in [-0.15, -0.1) is 0 Å². The zero-order valence-electron chi connectivity index (χ0n) is 10.9. The second-order valence-corrected chi connectivity index (χ2v) is 5.33. The fourth-order valence-electron chi connectivity index (χ4n) is 1.69. The summed E-state index contributed by atoms with van der Waals surface area (Å²) in [5.41, 5.74) is 7.76. The molecule has 0 fully saturated rings. The molecule has 1 aromatic rings. The van der Waals surface area contributed by atoms with E-state index in [2.05, 4.69) is 5.32 Å². The van der Waals surface area contributed by atoms with E-state index in [1.807, 2.05) is 32.2 Å². The number of benzene rings is 1. The predicted molar refractivity (Wildman–Crippen MR) is 76.9 cm³/mol.